The van der Waals surface area contributed by atoms with Gasteiger partial charge in [-0.25, -0.2) is 0 Å². The molecule has 4 rings (SSSR count). The molecule has 8 amide bonds. The number of ether oxygens (including phenoxy) is 2. The molecule has 0 bridgehead atoms. The van der Waals surface area contributed by atoms with Crippen molar-refractivity contribution < 1.29 is 47.8 Å². The molecule has 18 heteroatoms. The number of hydrogen-bond acceptors (Lipinski definition) is 11. The van der Waals surface area contributed by atoms with Gasteiger partial charge in [0.15, 0.2) is 0 Å². The molecule has 4 N–H and O–H groups in total. The summed E-state index contributed by atoms with van der Waals surface area (Å²) in [6.45, 7) is 14.7. The Hall–Kier alpha value is -6.24. The summed E-state index contributed by atoms with van der Waals surface area (Å²) in [5, 5.41) is 6.33. The molecule has 2 heterocycles. The number of methoxy groups -OCH3 is 2. The second-order valence-electron chi connectivity index (χ2n) is 21.7. The highest BCUT2D eigenvalue weighted by Crippen LogP contribution is 2.30. The molecule has 0 radical (unpaired) electrons. The zero-order valence-electron chi connectivity index (χ0n) is 48.2. The quantitative estimate of drug-likeness (QED) is 0.0387. The van der Waals surface area contributed by atoms with Crippen molar-refractivity contribution in [1.29, 1.82) is 0 Å². The minimum absolute atomic E-state index is 0.0174. The van der Waals surface area contributed by atoms with Gasteiger partial charge >= 0.3 is 0 Å². The molecule has 0 saturated carbocycles. The van der Waals surface area contributed by atoms with E-state index in [1.165, 1.54) is 12.2 Å². The number of rotatable bonds is 32. The van der Waals surface area contributed by atoms with E-state index in [4.69, 9.17) is 9.47 Å². The molecule has 9 atom stereocenters. The maximum Gasteiger partial charge on any atom is 0.253 e. The van der Waals surface area contributed by atoms with Crippen LogP contribution >= 0.6 is 0 Å². The summed E-state index contributed by atoms with van der Waals surface area (Å²) in [6.07, 6.45) is 10.2. The van der Waals surface area contributed by atoms with Crippen molar-refractivity contribution in [1.82, 2.24) is 41.1 Å². The van der Waals surface area contributed by atoms with Gasteiger partial charge < -0.3 is 29.9 Å². The predicted octanol–water partition coefficient (Wildman–Crippen LogP) is 5.86. The molecule has 18 nitrogen and oxygen atoms in total. The van der Waals surface area contributed by atoms with E-state index in [-0.39, 0.29) is 96.4 Å². The summed E-state index contributed by atoms with van der Waals surface area (Å²) in [4.78, 5) is 113. The van der Waals surface area contributed by atoms with Crippen LogP contribution in [0, 0.1) is 23.7 Å². The van der Waals surface area contributed by atoms with Gasteiger partial charge in [-0.2, -0.15) is 0 Å². The summed E-state index contributed by atoms with van der Waals surface area (Å²) < 4.78 is 12.2. The number of hydrazine groups is 1. The lowest BCUT2D eigenvalue weighted by molar-refractivity contribution is -0.148. The number of unbranched alkanes of at least 4 members (excludes halogenated alkanes) is 2. The van der Waals surface area contributed by atoms with Gasteiger partial charge in [0.1, 0.15) is 6.04 Å². The summed E-state index contributed by atoms with van der Waals surface area (Å²) in [7, 11) is 6.65. The highest BCUT2D eigenvalue weighted by molar-refractivity contribution is 6.12. The van der Waals surface area contributed by atoms with Crippen molar-refractivity contribution in [3.63, 3.8) is 0 Å². The zero-order chi connectivity index (χ0) is 57.5. The fourth-order valence-corrected chi connectivity index (χ4v) is 10.7. The standard InChI is InChI=1S/C60H90N8O10/c1-12-42(6)56(48(77-10)39-53(73)67-37-22-28-47(67)57(78-11)43(7)58(74)61-46(38-45-26-18-14-19-27-45)32-31-44-24-16-13-17-25-44)66(9)60(76)54(40(2)3)62-59(75)55(41(4)5)65(8)35-23-30-50(70)64-63-49(69)29-20-15-21-36-68-51(71)33-34-52(68)72/h13-14,16-19,24-27,31-34,40-43,46-48,54-57H,12,15,20-23,28-30,35-39H2,1-11H3,(H,61,74)(H,62,75)(H,63,69)(H,64,70)/b32-31+/t42-,43+,46+,47-,48+,54-,55-,56-,57+/m0/s1. The molecule has 0 spiro atoms. The Morgan fingerprint density at radius 2 is 1.37 bits per heavy atom. The Morgan fingerprint density at radius 3 is 1.95 bits per heavy atom. The monoisotopic (exact) mass is 1080 g/mol. The van der Waals surface area contributed by atoms with E-state index in [1.807, 2.05) is 131 Å². The number of carbonyl (C=O) groups excluding carboxylic acids is 8. The predicted molar refractivity (Wildman–Crippen MR) is 302 cm³/mol. The normalized spacial score (nSPS) is 17.7. The highest BCUT2D eigenvalue weighted by Gasteiger charge is 2.43. The lowest BCUT2D eigenvalue weighted by atomic mass is 9.89. The number of nitrogens with zero attached hydrogens (tertiary/aromatic N) is 4. The number of carbonyl (C=O) groups is 8. The second kappa shape index (κ2) is 32.6. The molecule has 1 saturated heterocycles. The number of benzene rings is 2. The van der Waals surface area contributed by atoms with Crippen LogP contribution in [0.25, 0.3) is 6.08 Å². The molecular weight excluding hydrogens is 993 g/mol. The van der Waals surface area contributed by atoms with Gasteiger partial charge in [-0.15, -0.1) is 0 Å². The molecule has 0 aromatic heterocycles. The minimum Gasteiger partial charge on any atom is -0.379 e. The lowest BCUT2D eigenvalue weighted by Crippen LogP contribution is -2.60. The van der Waals surface area contributed by atoms with E-state index in [1.54, 1.807) is 33.2 Å². The van der Waals surface area contributed by atoms with Gasteiger partial charge in [-0.05, 0) is 81.0 Å². The molecule has 78 heavy (non-hydrogen) atoms. The molecular formula is C60H90N8O10. The van der Waals surface area contributed by atoms with Crippen LogP contribution in [0.1, 0.15) is 124 Å². The number of nitrogens with one attached hydrogen (secondary N) is 4. The molecule has 2 aliphatic rings. The topological polar surface area (TPSA) is 216 Å². The fraction of sp³-hybridized carbons (Fsp3) is 0.600. The van der Waals surface area contributed by atoms with E-state index in [2.05, 4.69) is 21.5 Å². The Kier molecular flexibility index (Phi) is 26.9. The molecule has 2 aromatic rings. The SMILES string of the molecule is CC[C@H](C)[C@@H]([C@@H](CC(=O)N1CCC[C@H]1[C@H](OC)[C@@H](C)C(=O)N[C@H](/C=C/c1ccccc1)Cc1ccccc1)OC)N(C)C(=O)[C@@H](NC(=O)[C@H](C(C)C)N(C)CCCC(=O)NNC(=O)CCCCCN1C(=O)C=CC1=O)C(C)C. The van der Waals surface area contributed by atoms with Crippen LogP contribution in [0.2, 0.25) is 0 Å². The van der Waals surface area contributed by atoms with Crippen LogP contribution in [0.4, 0.5) is 0 Å². The lowest BCUT2D eigenvalue weighted by Gasteiger charge is -2.41. The Bertz CT molecular complexity index is 2310. The van der Waals surface area contributed by atoms with Crippen LogP contribution in [0.5, 0.6) is 0 Å². The van der Waals surface area contributed by atoms with Crippen molar-refractivity contribution in [3.05, 3.63) is 90.0 Å². The first-order valence-corrected chi connectivity index (χ1v) is 28.0. The molecule has 2 aliphatic heterocycles. The number of hydrogen-bond donors (Lipinski definition) is 4. The number of likely N-dealkylation sites (tertiary alicyclic amines) is 1. The van der Waals surface area contributed by atoms with Gasteiger partial charge in [-0.3, -0.25) is 59.0 Å². The van der Waals surface area contributed by atoms with Crippen molar-refractivity contribution in [2.75, 3.05) is 47.9 Å². The molecule has 430 valence electrons. The molecule has 0 unspecified atom stereocenters. The second-order valence-corrected chi connectivity index (χ2v) is 21.7. The van der Waals surface area contributed by atoms with Crippen molar-refractivity contribution in [2.45, 2.75) is 162 Å². The summed E-state index contributed by atoms with van der Waals surface area (Å²) >= 11 is 0. The Labute approximate surface area is 463 Å². The van der Waals surface area contributed by atoms with E-state index >= 15 is 0 Å². The number of imide groups is 1. The van der Waals surface area contributed by atoms with Crippen molar-refractivity contribution in [2.24, 2.45) is 23.7 Å². The Morgan fingerprint density at radius 1 is 0.756 bits per heavy atom. The van der Waals surface area contributed by atoms with E-state index in [9.17, 15) is 38.4 Å². The first-order chi connectivity index (χ1) is 37.2. The van der Waals surface area contributed by atoms with E-state index in [0.29, 0.717) is 64.6 Å². The van der Waals surface area contributed by atoms with E-state index in [0.717, 1.165) is 22.4 Å². The maximum absolute atomic E-state index is 14.7. The Balaban J connectivity index is 1.34. The highest BCUT2D eigenvalue weighted by atomic mass is 16.5. The van der Waals surface area contributed by atoms with Crippen LogP contribution in [-0.2, 0) is 54.3 Å². The van der Waals surface area contributed by atoms with Crippen molar-refractivity contribution >= 4 is 53.3 Å². The third-order valence-electron chi connectivity index (χ3n) is 15.3. The summed E-state index contributed by atoms with van der Waals surface area (Å²) in [5.74, 6) is -3.53. The van der Waals surface area contributed by atoms with Crippen LogP contribution in [0.3, 0.4) is 0 Å². The molecule has 2 aromatic carbocycles. The summed E-state index contributed by atoms with van der Waals surface area (Å²) in [6, 6.07) is 17.2. The van der Waals surface area contributed by atoms with Crippen LogP contribution in [-0.4, -0.2) is 157 Å². The third kappa shape index (κ3) is 19.3. The minimum atomic E-state index is -0.902. The number of amides is 8. The third-order valence-corrected chi connectivity index (χ3v) is 15.3. The van der Waals surface area contributed by atoms with Gasteiger partial charge in [0.05, 0.1) is 48.7 Å². The summed E-state index contributed by atoms with van der Waals surface area (Å²) in [5.41, 5.74) is 6.99. The fourth-order valence-electron chi connectivity index (χ4n) is 10.7. The molecule has 0 aliphatic carbocycles. The smallest absolute Gasteiger partial charge is 0.253 e. The maximum atomic E-state index is 14.7. The van der Waals surface area contributed by atoms with Gasteiger partial charge in [0.2, 0.25) is 35.4 Å². The zero-order valence-corrected chi connectivity index (χ0v) is 48.2. The average molecular weight is 1080 g/mol. The van der Waals surface area contributed by atoms with Gasteiger partial charge in [-0.1, -0.05) is 134 Å². The number of likely N-dealkylation sites (N-methyl/N-ethyl adjacent to an activating group) is 2. The van der Waals surface area contributed by atoms with Crippen LogP contribution < -0.4 is 21.5 Å². The average Bonchev–Trinajstić information content (AvgIpc) is 4.03. The van der Waals surface area contributed by atoms with Crippen molar-refractivity contribution in [3.8, 4) is 0 Å². The first kappa shape index (κ1) is 64.3. The van der Waals surface area contributed by atoms with E-state index < -0.39 is 36.3 Å². The van der Waals surface area contributed by atoms with Gasteiger partial charge in [0, 0.05) is 59.4 Å². The first-order valence-electron chi connectivity index (χ1n) is 28.0. The largest absolute Gasteiger partial charge is 0.379 e. The van der Waals surface area contributed by atoms with Gasteiger partial charge in [0.25, 0.3) is 11.8 Å². The van der Waals surface area contributed by atoms with Crippen LogP contribution in [0.15, 0.2) is 78.9 Å². The molecule has 1 fully saturated rings.